The van der Waals surface area contributed by atoms with E-state index in [-0.39, 0.29) is 22.9 Å². The molecular formula is C13H14FN3O2S. The van der Waals surface area contributed by atoms with E-state index in [0.29, 0.717) is 12.0 Å². The summed E-state index contributed by atoms with van der Waals surface area (Å²) in [4.78, 5) is 3.68. The molecule has 1 aromatic heterocycles. The zero-order chi connectivity index (χ0) is 14.6. The quantitative estimate of drug-likeness (QED) is 0.871. The van der Waals surface area contributed by atoms with Gasteiger partial charge in [0.15, 0.2) is 0 Å². The zero-order valence-electron chi connectivity index (χ0n) is 10.6. The summed E-state index contributed by atoms with van der Waals surface area (Å²) in [6.45, 7) is 0.153. The number of anilines is 1. The molecule has 0 saturated heterocycles. The van der Waals surface area contributed by atoms with Crippen molar-refractivity contribution in [3.63, 3.8) is 0 Å². The average molecular weight is 295 g/mol. The van der Waals surface area contributed by atoms with Crippen LogP contribution in [-0.4, -0.2) is 19.9 Å². The van der Waals surface area contributed by atoms with Crippen LogP contribution in [-0.2, 0) is 16.4 Å². The fraction of sp³-hybridized carbons (Fsp3) is 0.154. The van der Waals surface area contributed by atoms with Gasteiger partial charge in [0.2, 0.25) is 10.0 Å². The highest BCUT2D eigenvalue weighted by atomic mass is 32.2. The van der Waals surface area contributed by atoms with E-state index in [1.807, 2.05) is 0 Å². The van der Waals surface area contributed by atoms with Crippen LogP contribution in [0.5, 0.6) is 0 Å². The first-order valence-corrected chi connectivity index (χ1v) is 7.41. The van der Waals surface area contributed by atoms with Crippen molar-refractivity contribution in [3.05, 3.63) is 54.1 Å². The van der Waals surface area contributed by atoms with Crippen molar-refractivity contribution in [3.8, 4) is 0 Å². The maximum absolute atomic E-state index is 13.0. The van der Waals surface area contributed by atoms with Crippen LogP contribution in [0.25, 0.3) is 0 Å². The van der Waals surface area contributed by atoms with E-state index in [2.05, 4.69) is 9.71 Å². The molecule has 1 heterocycles. The molecule has 0 aliphatic heterocycles. The van der Waals surface area contributed by atoms with Crippen LogP contribution in [0.3, 0.4) is 0 Å². The second-order valence-corrected chi connectivity index (χ2v) is 5.93. The molecule has 20 heavy (non-hydrogen) atoms. The fourth-order valence-electron chi connectivity index (χ4n) is 1.72. The van der Waals surface area contributed by atoms with Crippen molar-refractivity contribution in [2.75, 3.05) is 12.3 Å². The number of hydrogen-bond donors (Lipinski definition) is 2. The van der Waals surface area contributed by atoms with Gasteiger partial charge in [-0.3, -0.25) is 4.98 Å². The van der Waals surface area contributed by atoms with Crippen molar-refractivity contribution in [1.29, 1.82) is 0 Å². The van der Waals surface area contributed by atoms with E-state index in [1.165, 1.54) is 30.6 Å². The fourth-order valence-corrected chi connectivity index (χ4v) is 2.82. The summed E-state index contributed by atoms with van der Waals surface area (Å²) < 4.78 is 39.4. The van der Waals surface area contributed by atoms with Crippen LogP contribution in [0.1, 0.15) is 5.56 Å². The van der Waals surface area contributed by atoms with Crippen LogP contribution in [0.15, 0.2) is 47.6 Å². The second kappa shape index (κ2) is 5.98. The topological polar surface area (TPSA) is 85.1 Å². The molecule has 0 unspecified atom stereocenters. The Morgan fingerprint density at radius 2 is 2.10 bits per heavy atom. The molecule has 0 bridgehead atoms. The number of halogens is 1. The summed E-state index contributed by atoms with van der Waals surface area (Å²) in [7, 11) is -3.70. The summed E-state index contributed by atoms with van der Waals surface area (Å²) in [6, 6.07) is 7.44. The SMILES string of the molecule is Nc1ccncc1S(=O)(=O)NCCc1cccc(F)c1. The Labute approximate surface area is 116 Å². The summed E-state index contributed by atoms with van der Waals surface area (Å²) >= 11 is 0. The van der Waals surface area contributed by atoms with E-state index in [9.17, 15) is 12.8 Å². The van der Waals surface area contributed by atoms with Gasteiger partial charge in [0.1, 0.15) is 10.7 Å². The standard InChI is InChI=1S/C13H14FN3O2S/c14-11-3-1-2-10(8-11)4-7-17-20(18,19)13-9-16-6-5-12(13)15/h1-3,5-6,8-9,17H,4,7H2,(H2,15,16). The first-order valence-electron chi connectivity index (χ1n) is 5.92. The van der Waals surface area contributed by atoms with Gasteiger partial charge < -0.3 is 5.73 Å². The number of benzene rings is 1. The van der Waals surface area contributed by atoms with Gasteiger partial charge in [-0.05, 0) is 30.2 Å². The number of hydrogen-bond acceptors (Lipinski definition) is 4. The summed E-state index contributed by atoms with van der Waals surface area (Å²) in [5, 5.41) is 0. The van der Waals surface area contributed by atoms with E-state index < -0.39 is 10.0 Å². The van der Waals surface area contributed by atoms with Gasteiger partial charge in [0, 0.05) is 18.9 Å². The van der Waals surface area contributed by atoms with E-state index in [4.69, 9.17) is 5.73 Å². The maximum Gasteiger partial charge on any atom is 0.244 e. The van der Waals surface area contributed by atoms with Crippen molar-refractivity contribution in [1.82, 2.24) is 9.71 Å². The number of nitrogens with zero attached hydrogens (tertiary/aromatic N) is 1. The Kier molecular flexibility index (Phi) is 4.31. The summed E-state index contributed by atoms with van der Waals surface area (Å²) in [6.07, 6.45) is 3.00. The average Bonchev–Trinajstić information content (AvgIpc) is 2.39. The summed E-state index contributed by atoms with van der Waals surface area (Å²) in [5.74, 6) is -0.345. The van der Waals surface area contributed by atoms with E-state index in [1.54, 1.807) is 12.1 Å². The van der Waals surface area contributed by atoms with Crippen LogP contribution in [0.2, 0.25) is 0 Å². The third-order valence-electron chi connectivity index (χ3n) is 2.70. The third-order valence-corrected chi connectivity index (χ3v) is 4.21. The number of nitrogens with one attached hydrogen (secondary N) is 1. The highest BCUT2D eigenvalue weighted by Gasteiger charge is 2.16. The molecule has 2 aromatic rings. The van der Waals surface area contributed by atoms with Crippen molar-refractivity contribution in [2.45, 2.75) is 11.3 Å². The van der Waals surface area contributed by atoms with Gasteiger partial charge >= 0.3 is 0 Å². The molecule has 0 atom stereocenters. The minimum Gasteiger partial charge on any atom is -0.398 e. The van der Waals surface area contributed by atoms with Gasteiger partial charge in [-0.15, -0.1) is 0 Å². The number of nitrogens with two attached hydrogens (primary N) is 1. The highest BCUT2D eigenvalue weighted by molar-refractivity contribution is 7.89. The molecule has 0 aliphatic rings. The lowest BCUT2D eigenvalue weighted by Gasteiger charge is -2.08. The second-order valence-electron chi connectivity index (χ2n) is 4.19. The molecule has 0 amide bonds. The Morgan fingerprint density at radius 3 is 2.80 bits per heavy atom. The van der Waals surface area contributed by atoms with Gasteiger partial charge in [-0.1, -0.05) is 12.1 Å². The molecule has 2 rings (SSSR count). The lowest BCUT2D eigenvalue weighted by Crippen LogP contribution is -2.26. The predicted octanol–water partition coefficient (Wildman–Crippen LogP) is 1.32. The molecular weight excluding hydrogens is 281 g/mol. The molecule has 0 saturated carbocycles. The number of nitrogen functional groups attached to an aromatic ring is 1. The maximum atomic E-state index is 13.0. The predicted molar refractivity (Wildman–Crippen MR) is 73.9 cm³/mol. The molecule has 0 fully saturated rings. The van der Waals surface area contributed by atoms with E-state index in [0.717, 1.165) is 0 Å². The number of pyridine rings is 1. The highest BCUT2D eigenvalue weighted by Crippen LogP contribution is 2.15. The van der Waals surface area contributed by atoms with Crippen LogP contribution < -0.4 is 10.5 Å². The molecule has 7 heteroatoms. The zero-order valence-corrected chi connectivity index (χ0v) is 11.4. The van der Waals surface area contributed by atoms with Gasteiger partial charge in [-0.25, -0.2) is 17.5 Å². The monoisotopic (exact) mass is 295 g/mol. The lowest BCUT2D eigenvalue weighted by atomic mass is 10.1. The first kappa shape index (κ1) is 14.4. The number of sulfonamides is 1. The molecule has 3 N–H and O–H groups in total. The summed E-state index contributed by atoms with van der Waals surface area (Å²) in [5.41, 5.74) is 6.45. The lowest BCUT2D eigenvalue weighted by molar-refractivity contribution is 0.581. The van der Waals surface area contributed by atoms with Crippen LogP contribution in [0.4, 0.5) is 10.1 Å². The number of aromatic nitrogens is 1. The normalized spacial score (nSPS) is 11.4. The molecule has 0 radical (unpaired) electrons. The van der Waals surface area contributed by atoms with Crippen LogP contribution in [0, 0.1) is 5.82 Å². The van der Waals surface area contributed by atoms with Gasteiger partial charge in [0.05, 0.1) is 5.69 Å². The molecule has 1 aromatic carbocycles. The smallest absolute Gasteiger partial charge is 0.244 e. The molecule has 5 nitrogen and oxygen atoms in total. The first-order chi connectivity index (χ1) is 9.49. The molecule has 0 spiro atoms. The largest absolute Gasteiger partial charge is 0.398 e. The molecule has 106 valence electrons. The Hall–Kier alpha value is -1.99. The van der Waals surface area contributed by atoms with Crippen LogP contribution >= 0.6 is 0 Å². The Bertz CT molecular complexity index is 704. The number of rotatable bonds is 5. The third kappa shape index (κ3) is 3.52. The van der Waals surface area contributed by atoms with Crippen molar-refractivity contribution >= 4 is 15.7 Å². The Balaban J connectivity index is 2.02. The van der Waals surface area contributed by atoms with Gasteiger partial charge in [-0.2, -0.15) is 0 Å². The van der Waals surface area contributed by atoms with Crippen molar-refractivity contribution in [2.24, 2.45) is 0 Å². The molecule has 0 aliphatic carbocycles. The minimum absolute atomic E-state index is 0.0563. The van der Waals surface area contributed by atoms with E-state index >= 15 is 0 Å². The Morgan fingerprint density at radius 1 is 1.30 bits per heavy atom. The van der Waals surface area contributed by atoms with Gasteiger partial charge in [0.25, 0.3) is 0 Å². The minimum atomic E-state index is -3.70. The van der Waals surface area contributed by atoms with Crippen molar-refractivity contribution < 1.29 is 12.8 Å².